The second-order valence-corrected chi connectivity index (χ2v) is 6.63. The summed E-state index contributed by atoms with van der Waals surface area (Å²) in [5.74, 6) is -2.73. The molecule has 1 aromatic rings. The van der Waals surface area contributed by atoms with Crippen LogP contribution in [0.5, 0.6) is 0 Å². The Hall–Kier alpha value is -2.05. The number of piperidine rings is 1. The van der Waals surface area contributed by atoms with Gasteiger partial charge < -0.3 is 10.6 Å². The number of benzene rings is 1. The summed E-state index contributed by atoms with van der Waals surface area (Å²) in [5, 5.41) is 4.92. The summed E-state index contributed by atoms with van der Waals surface area (Å²) in [6.45, 7) is 7.63. The summed E-state index contributed by atoms with van der Waals surface area (Å²) in [6.07, 6.45) is -3.28. The van der Waals surface area contributed by atoms with Gasteiger partial charge in [0.25, 0.3) is 0 Å². The number of hydrogen-bond donors (Lipinski definition) is 2. The first kappa shape index (κ1) is 18.3. The second kappa shape index (κ2) is 6.45. The molecule has 0 radical (unpaired) electrons. The topological polar surface area (TPSA) is 41.1 Å². The molecule has 0 saturated carbocycles. The van der Waals surface area contributed by atoms with E-state index in [-0.39, 0.29) is 17.0 Å². The number of carbonyl (C=O) groups excluding carboxylic acids is 1. The van der Waals surface area contributed by atoms with Crippen molar-refractivity contribution in [3.63, 3.8) is 0 Å². The van der Waals surface area contributed by atoms with Crippen LogP contribution in [0.15, 0.2) is 30.5 Å². The molecule has 132 valence electrons. The van der Waals surface area contributed by atoms with E-state index in [4.69, 9.17) is 0 Å². The Morgan fingerprint density at radius 2 is 2.08 bits per heavy atom. The maximum Gasteiger partial charge on any atom is 0.471 e. The Morgan fingerprint density at radius 3 is 2.62 bits per heavy atom. The minimum absolute atomic E-state index is 0.00585. The van der Waals surface area contributed by atoms with Crippen molar-refractivity contribution in [2.75, 3.05) is 0 Å². The van der Waals surface area contributed by atoms with Crippen LogP contribution in [0.1, 0.15) is 43.9 Å². The zero-order chi connectivity index (χ0) is 18.1. The smallest absolute Gasteiger partial charge is 0.382 e. The summed E-state index contributed by atoms with van der Waals surface area (Å²) in [5.41, 5.74) is 1.55. The number of amides is 1. The molecule has 1 amide bonds. The van der Waals surface area contributed by atoms with Gasteiger partial charge in [0, 0.05) is 23.2 Å². The molecule has 1 fully saturated rings. The Bertz CT molecular complexity index is 652. The molecule has 0 aliphatic carbocycles. The molecule has 7 heteroatoms. The van der Waals surface area contributed by atoms with E-state index >= 15 is 0 Å². The normalized spacial score (nSPS) is 20.4. The van der Waals surface area contributed by atoms with E-state index < -0.39 is 24.4 Å². The minimum atomic E-state index is -4.98. The molecule has 0 unspecified atom stereocenters. The molecule has 24 heavy (non-hydrogen) atoms. The highest BCUT2D eigenvalue weighted by Crippen LogP contribution is 2.39. The molecule has 2 N–H and O–H groups in total. The summed E-state index contributed by atoms with van der Waals surface area (Å²) < 4.78 is 50.5. The van der Waals surface area contributed by atoms with E-state index in [0.717, 1.165) is 18.5 Å². The Balaban J connectivity index is 2.05. The molecule has 1 aromatic carbocycles. The van der Waals surface area contributed by atoms with Crippen LogP contribution in [0, 0.1) is 11.2 Å². The standard InChI is InChI=1S/C17H20F4N2O/c1-10-16(2,3)7-6-14(23-10)11-4-5-12(13(18)8-11)9-22-15(24)17(19,20)21/h4-5,8,14,23H,1,6-7,9H2,2-3H3,(H,22,24)/t14-/m1/s1. The first-order valence-corrected chi connectivity index (χ1v) is 7.60. The maximum atomic E-state index is 14.1. The lowest BCUT2D eigenvalue weighted by molar-refractivity contribution is -0.173. The summed E-state index contributed by atoms with van der Waals surface area (Å²) in [7, 11) is 0. The van der Waals surface area contributed by atoms with E-state index in [9.17, 15) is 22.4 Å². The Labute approximate surface area is 138 Å². The highest BCUT2D eigenvalue weighted by atomic mass is 19.4. The van der Waals surface area contributed by atoms with E-state index in [0.29, 0.717) is 5.56 Å². The SMILES string of the molecule is C=C1N[C@@H](c2ccc(CNC(=O)C(F)(F)F)c(F)c2)CCC1(C)C. The lowest BCUT2D eigenvalue weighted by atomic mass is 9.78. The molecule has 0 aromatic heterocycles. The van der Waals surface area contributed by atoms with Gasteiger partial charge in [-0.1, -0.05) is 32.6 Å². The van der Waals surface area contributed by atoms with Gasteiger partial charge in [-0.3, -0.25) is 4.79 Å². The molecular weight excluding hydrogens is 324 g/mol. The maximum absolute atomic E-state index is 14.1. The molecule has 2 rings (SSSR count). The number of rotatable bonds is 3. The number of alkyl halides is 3. The Morgan fingerprint density at radius 1 is 1.42 bits per heavy atom. The predicted molar refractivity (Wildman–Crippen MR) is 82.3 cm³/mol. The highest BCUT2D eigenvalue weighted by molar-refractivity contribution is 5.81. The fourth-order valence-corrected chi connectivity index (χ4v) is 2.58. The molecule has 1 atom stereocenters. The zero-order valence-electron chi connectivity index (χ0n) is 13.6. The third kappa shape index (κ3) is 4.07. The molecular formula is C17H20F4N2O. The number of nitrogens with one attached hydrogen (secondary N) is 2. The molecule has 3 nitrogen and oxygen atoms in total. The van der Waals surface area contributed by atoms with Crippen molar-refractivity contribution in [2.24, 2.45) is 5.41 Å². The van der Waals surface area contributed by atoms with Crippen LogP contribution < -0.4 is 10.6 Å². The van der Waals surface area contributed by atoms with Crippen molar-refractivity contribution < 1.29 is 22.4 Å². The van der Waals surface area contributed by atoms with Crippen LogP contribution in [-0.4, -0.2) is 12.1 Å². The first-order chi connectivity index (χ1) is 11.0. The van der Waals surface area contributed by atoms with Gasteiger partial charge in [0.05, 0.1) is 6.04 Å². The van der Waals surface area contributed by atoms with E-state index in [1.807, 2.05) is 0 Å². The van der Waals surface area contributed by atoms with Gasteiger partial charge in [-0.15, -0.1) is 0 Å². The summed E-state index contributed by atoms with van der Waals surface area (Å²) in [4.78, 5) is 10.8. The third-order valence-electron chi connectivity index (χ3n) is 4.40. The number of halogens is 4. The molecule has 1 aliphatic rings. The predicted octanol–water partition coefficient (Wildman–Crippen LogP) is 3.97. The van der Waals surface area contributed by atoms with Crippen molar-refractivity contribution in [1.29, 1.82) is 0 Å². The quantitative estimate of drug-likeness (QED) is 0.815. The van der Waals surface area contributed by atoms with Crippen molar-refractivity contribution in [3.8, 4) is 0 Å². The molecule has 1 heterocycles. The summed E-state index contributed by atoms with van der Waals surface area (Å²) >= 11 is 0. The average Bonchev–Trinajstić information content (AvgIpc) is 2.47. The molecule has 0 bridgehead atoms. The van der Waals surface area contributed by atoms with Crippen LogP contribution >= 0.6 is 0 Å². The van der Waals surface area contributed by atoms with Gasteiger partial charge in [0.15, 0.2) is 0 Å². The zero-order valence-corrected chi connectivity index (χ0v) is 13.6. The number of carbonyl (C=O) groups is 1. The monoisotopic (exact) mass is 344 g/mol. The number of hydrogen-bond acceptors (Lipinski definition) is 2. The van der Waals surface area contributed by atoms with Gasteiger partial charge >= 0.3 is 12.1 Å². The third-order valence-corrected chi connectivity index (χ3v) is 4.40. The second-order valence-electron chi connectivity index (χ2n) is 6.63. The van der Waals surface area contributed by atoms with E-state index in [1.54, 1.807) is 11.4 Å². The average molecular weight is 344 g/mol. The van der Waals surface area contributed by atoms with Crippen LogP contribution in [0.2, 0.25) is 0 Å². The fourth-order valence-electron chi connectivity index (χ4n) is 2.58. The summed E-state index contributed by atoms with van der Waals surface area (Å²) in [6, 6.07) is 4.25. The van der Waals surface area contributed by atoms with Crippen molar-refractivity contribution in [1.82, 2.24) is 10.6 Å². The van der Waals surface area contributed by atoms with Crippen LogP contribution in [0.4, 0.5) is 17.6 Å². The lowest BCUT2D eigenvalue weighted by Gasteiger charge is -2.38. The van der Waals surface area contributed by atoms with Gasteiger partial charge in [0.2, 0.25) is 0 Å². The van der Waals surface area contributed by atoms with Crippen molar-refractivity contribution in [2.45, 2.75) is 45.5 Å². The van der Waals surface area contributed by atoms with Crippen molar-refractivity contribution in [3.05, 3.63) is 47.4 Å². The van der Waals surface area contributed by atoms with Gasteiger partial charge in [-0.25, -0.2) is 4.39 Å². The van der Waals surface area contributed by atoms with Gasteiger partial charge in [-0.05, 0) is 24.5 Å². The fraction of sp³-hybridized carbons (Fsp3) is 0.471. The van der Waals surface area contributed by atoms with Crippen LogP contribution in [-0.2, 0) is 11.3 Å². The van der Waals surface area contributed by atoms with E-state index in [1.165, 1.54) is 12.1 Å². The van der Waals surface area contributed by atoms with Crippen molar-refractivity contribution >= 4 is 5.91 Å². The number of allylic oxidation sites excluding steroid dienone is 1. The van der Waals surface area contributed by atoms with Gasteiger partial charge in [0.1, 0.15) is 5.82 Å². The van der Waals surface area contributed by atoms with E-state index in [2.05, 4.69) is 25.7 Å². The van der Waals surface area contributed by atoms with Crippen LogP contribution in [0.25, 0.3) is 0 Å². The highest BCUT2D eigenvalue weighted by Gasteiger charge is 2.38. The Kier molecular flexibility index (Phi) is 4.92. The molecule has 1 saturated heterocycles. The lowest BCUT2D eigenvalue weighted by Crippen LogP contribution is -2.36. The van der Waals surface area contributed by atoms with Crippen LogP contribution in [0.3, 0.4) is 0 Å². The van der Waals surface area contributed by atoms with Gasteiger partial charge in [-0.2, -0.15) is 13.2 Å². The molecule has 1 aliphatic heterocycles. The minimum Gasteiger partial charge on any atom is -0.382 e. The largest absolute Gasteiger partial charge is 0.471 e. The molecule has 0 spiro atoms. The first-order valence-electron chi connectivity index (χ1n) is 7.60.